The minimum Gasteiger partial charge on any atom is -0.322 e. The molecule has 2 N–H and O–H groups in total. The normalized spacial score (nSPS) is 17.8. The van der Waals surface area contributed by atoms with Crippen molar-refractivity contribution in [2.45, 2.75) is 44.3 Å². The molecular weight excluding hydrogens is 454 g/mol. The average molecular weight is 480 g/mol. The van der Waals surface area contributed by atoms with Crippen LogP contribution in [0.2, 0.25) is 0 Å². The van der Waals surface area contributed by atoms with Gasteiger partial charge < -0.3 is 5.32 Å². The number of hydrogen-bond acceptors (Lipinski definition) is 6. The molecule has 1 saturated heterocycles. The van der Waals surface area contributed by atoms with E-state index in [9.17, 15) is 19.2 Å². The number of hydrazine groups is 1. The summed E-state index contributed by atoms with van der Waals surface area (Å²) in [5.41, 5.74) is 3.35. The van der Waals surface area contributed by atoms with E-state index in [0.29, 0.717) is 33.2 Å². The summed E-state index contributed by atoms with van der Waals surface area (Å²) in [5, 5.41) is 4.09. The molecule has 0 bridgehead atoms. The molecule has 1 unspecified atom stereocenters. The van der Waals surface area contributed by atoms with Crippen molar-refractivity contribution in [2.75, 3.05) is 5.75 Å². The van der Waals surface area contributed by atoms with Crippen molar-refractivity contribution in [3.05, 3.63) is 64.4 Å². The topological polar surface area (TPSA) is 113 Å². The largest absolute Gasteiger partial charge is 0.344 e. The lowest BCUT2D eigenvalue weighted by molar-refractivity contribution is -0.137. The molecule has 1 atom stereocenters. The van der Waals surface area contributed by atoms with Gasteiger partial charge in [0, 0.05) is 0 Å². The second-order valence-corrected chi connectivity index (χ2v) is 9.09. The number of carbonyl (C=O) groups is 3. The van der Waals surface area contributed by atoms with Crippen LogP contribution in [0.4, 0.5) is 4.79 Å². The lowest BCUT2D eigenvalue weighted by atomic mass is 10.00. The number of amides is 4. The first kappa shape index (κ1) is 23.5. The van der Waals surface area contributed by atoms with Gasteiger partial charge >= 0.3 is 6.03 Å². The summed E-state index contributed by atoms with van der Waals surface area (Å²) in [4.78, 5) is 55.2. The molecule has 3 aromatic rings. The van der Waals surface area contributed by atoms with Gasteiger partial charge in [0.1, 0.15) is 5.54 Å². The Hall–Kier alpha value is -3.66. The number of aromatic nitrogens is 2. The quantitative estimate of drug-likeness (QED) is 0.306. The monoisotopic (exact) mass is 479 g/mol. The number of hydrogen-bond donors (Lipinski definition) is 2. The first-order chi connectivity index (χ1) is 16.3. The highest BCUT2D eigenvalue weighted by Gasteiger charge is 2.47. The summed E-state index contributed by atoms with van der Waals surface area (Å²) in [7, 11) is 0. The molecular formula is C24H25N5O4S. The Morgan fingerprint density at radius 1 is 1.09 bits per heavy atom. The number of nitrogens with one attached hydrogen (secondary N) is 2. The predicted molar refractivity (Wildman–Crippen MR) is 130 cm³/mol. The molecule has 1 fully saturated rings. The number of urea groups is 1. The zero-order valence-electron chi connectivity index (χ0n) is 19.1. The molecule has 1 aliphatic rings. The fourth-order valence-corrected chi connectivity index (χ4v) is 4.44. The summed E-state index contributed by atoms with van der Waals surface area (Å²) in [6.07, 6.45) is 1.26. The molecule has 2 heterocycles. The summed E-state index contributed by atoms with van der Waals surface area (Å²) in [6.45, 7) is 5.43. The molecule has 1 aromatic heterocycles. The minimum absolute atomic E-state index is 0.155. The second-order valence-electron chi connectivity index (χ2n) is 8.15. The number of benzene rings is 2. The second kappa shape index (κ2) is 9.30. The maximum absolute atomic E-state index is 13.3. The molecule has 0 radical (unpaired) electrons. The lowest BCUT2D eigenvalue weighted by Gasteiger charge is -2.19. The van der Waals surface area contributed by atoms with Crippen LogP contribution in [0.25, 0.3) is 16.6 Å². The van der Waals surface area contributed by atoms with Crippen LogP contribution in [-0.2, 0) is 16.0 Å². The third kappa shape index (κ3) is 4.28. The molecule has 10 heteroatoms. The Morgan fingerprint density at radius 2 is 1.79 bits per heavy atom. The van der Waals surface area contributed by atoms with E-state index in [4.69, 9.17) is 0 Å². The van der Waals surface area contributed by atoms with Gasteiger partial charge in [-0.3, -0.25) is 24.4 Å². The number of thioether (sulfide) groups is 1. The first-order valence-corrected chi connectivity index (χ1v) is 12.0. The van der Waals surface area contributed by atoms with Gasteiger partial charge in [-0.05, 0) is 49.6 Å². The number of aryl methyl sites for hydroxylation is 1. The van der Waals surface area contributed by atoms with Crippen LogP contribution in [0.1, 0.15) is 32.8 Å². The van der Waals surface area contributed by atoms with Crippen LogP contribution < -0.4 is 16.3 Å². The third-order valence-electron chi connectivity index (χ3n) is 5.88. The zero-order valence-corrected chi connectivity index (χ0v) is 19.9. The van der Waals surface area contributed by atoms with Crippen molar-refractivity contribution >= 4 is 40.5 Å². The van der Waals surface area contributed by atoms with Crippen molar-refractivity contribution in [3.8, 4) is 5.69 Å². The van der Waals surface area contributed by atoms with Gasteiger partial charge in [-0.1, -0.05) is 49.9 Å². The number of imide groups is 1. The number of nitrogens with zero attached hydrogens (tertiary/aromatic N) is 3. The van der Waals surface area contributed by atoms with Gasteiger partial charge in [-0.25, -0.2) is 9.78 Å². The van der Waals surface area contributed by atoms with Crippen molar-refractivity contribution in [1.29, 1.82) is 0 Å². The number of fused-ring (bicyclic) bond motifs is 1. The Labute approximate surface area is 200 Å². The van der Waals surface area contributed by atoms with E-state index < -0.39 is 23.4 Å². The van der Waals surface area contributed by atoms with E-state index in [1.807, 2.05) is 31.2 Å². The van der Waals surface area contributed by atoms with Crippen LogP contribution in [0.3, 0.4) is 0 Å². The molecule has 0 aliphatic carbocycles. The van der Waals surface area contributed by atoms with Gasteiger partial charge in [-0.15, -0.1) is 0 Å². The molecule has 4 amide bonds. The van der Waals surface area contributed by atoms with Crippen molar-refractivity contribution in [3.63, 3.8) is 0 Å². The maximum Gasteiger partial charge on any atom is 0.344 e. The van der Waals surface area contributed by atoms with Crippen LogP contribution in [0, 0.1) is 0 Å². The highest BCUT2D eigenvalue weighted by atomic mass is 32.2. The van der Waals surface area contributed by atoms with E-state index in [2.05, 4.69) is 15.7 Å². The van der Waals surface area contributed by atoms with E-state index in [-0.39, 0.29) is 11.3 Å². The molecule has 0 saturated carbocycles. The van der Waals surface area contributed by atoms with Crippen molar-refractivity contribution < 1.29 is 14.4 Å². The van der Waals surface area contributed by atoms with Crippen LogP contribution in [-0.4, -0.2) is 43.7 Å². The Balaban J connectivity index is 1.61. The van der Waals surface area contributed by atoms with Crippen LogP contribution >= 0.6 is 11.8 Å². The fourth-order valence-electron chi connectivity index (χ4n) is 3.63. The van der Waals surface area contributed by atoms with E-state index in [1.165, 1.54) is 4.57 Å². The molecule has 2 aromatic carbocycles. The standard InChI is InChI=1S/C24H25N5O4S/c1-4-15-10-12-16(13-11-15)28-20(31)17-8-6-7-9-18(17)25-23(28)34-14-19(30)27-29-21(32)24(3,5-2)26-22(29)33/h6-13H,4-5,14H2,1-3H3,(H,26,33)(H,27,30). The summed E-state index contributed by atoms with van der Waals surface area (Å²) in [5.74, 6) is -1.24. The molecule has 9 nitrogen and oxygen atoms in total. The first-order valence-electron chi connectivity index (χ1n) is 11.0. The lowest BCUT2D eigenvalue weighted by Crippen LogP contribution is -2.49. The number of rotatable bonds is 7. The van der Waals surface area contributed by atoms with Crippen molar-refractivity contribution in [2.24, 2.45) is 0 Å². The Morgan fingerprint density at radius 3 is 2.44 bits per heavy atom. The van der Waals surface area contributed by atoms with Gasteiger partial charge in [0.05, 0.1) is 22.3 Å². The van der Waals surface area contributed by atoms with Gasteiger partial charge in [0.25, 0.3) is 11.5 Å². The van der Waals surface area contributed by atoms with E-state index in [1.54, 1.807) is 38.1 Å². The van der Waals surface area contributed by atoms with Crippen LogP contribution in [0.5, 0.6) is 0 Å². The molecule has 34 heavy (non-hydrogen) atoms. The SMILES string of the molecule is CCc1ccc(-n2c(SCC(=O)NN3C(=O)NC(C)(CC)C3=O)nc3ccccc3c2=O)cc1. The molecule has 1 aliphatic heterocycles. The third-order valence-corrected chi connectivity index (χ3v) is 6.82. The number of carbonyl (C=O) groups excluding carboxylic acids is 3. The predicted octanol–water partition coefficient (Wildman–Crippen LogP) is 2.79. The van der Waals surface area contributed by atoms with Gasteiger partial charge in [-0.2, -0.15) is 5.01 Å². The average Bonchev–Trinajstić information content (AvgIpc) is 3.06. The highest BCUT2D eigenvalue weighted by Crippen LogP contribution is 2.23. The van der Waals surface area contributed by atoms with Gasteiger partial charge in [0.15, 0.2) is 5.16 Å². The smallest absolute Gasteiger partial charge is 0.322 e. The fraction of sp³-hybridized carbons (Fsp3) is 0.292. The Kier molecular flexibility index (Phi) is 6.43. The summed E-state index contributed by atoms with van der Waals surface area (Å²) >= 11 is 1.05. The maximum atomic E-state index is 13.3. The molecule has 4 rings (SSSR count). The molecule has 0 spiro atoms. The van der Waals surface area contributed by atoms with Crippen LogP contribution in [0.15, 0.2) is 58.5 Å². The minimum atomic E-state index is -1.05. The number of para-hydroxylation sites is 1. The van der Waals surface area contributed by atoms with E-state index >= 15 is 0 Å². The van der Waals surface area contributed by atoms with E-state index in [0.717, 1.165) is 23.7 Å². The van der Waals surface area contributed by atoms with Gasteiger partial charge in [0.2, 0.25) is 5.91 Å². The zero-order chi connectivity index (χ0) is 24.5. The Bertz CT molecular complexity index is 1340. The highest BCUT2D eigenvalue weighted by molar-refractivity contribution is 7.99. The summed E-state index contributed by atoms with van der Waals surface area (Å²) < 4.78 is 1.47. The summed E-state index contributed by atoms with van der Waals surface area (Å²) in [6, 6.07) is 13.9. The van der Waals surface area contributed by atoms with Crippen molar-refractivity contribution in [1.82, 2.24) is 25.3 Å². The molecule has 176 valence electrons.